The Hall–Kier alpha value is -2.35. The summed E-state index contributed by atoms with van der Waals surface area (Å²) in [6.45, 7) is 1.28. The van der Waals surface area contributed by atoms with E-state index in [1.165, 1.54) is 29.3 Å². The summed E-state index contributed by atoms with van der Waals surface area (Å²) in [4.78, 5) is 28.8. The second-order valence-corrected chi connectivity index (χ2v) is 7.55. The Balaban J connectivity index is 1.91. The normalized spacial score (nSPS) is 11.2. The molecule has 9 heteroatoms. The van der Waals surface area contributed by atoms with Crippen LogP contribution in [0.15, 0.2) is 35.3 Å². The zero-order valence-electron chi connectivity index (χ0n) is 16.1. The van der Waals surface area contributed by atoms with Gasteiger partial charge in [-0.3, -0.25) is 14.0 Å². The number of carbonyl (C=O) groups is 1. The summed E-state index contributed by atoms with van der Waals surface area (Å²) in [5, 5.41) is 3.51. The molecule has 0 aliphatic carbocycles. The summed E-state index contributed by atoms with van der Waals surface area (Å²) in [6, 6.07) is 5.90. The predicted octanol–water partition coefficient (Wildman–Crippen LogP) is 3.35. The van der Waals surface area contributed by atoms with E-state index in [2.05, 4.69) is 10.3 Å². The van der Waals surface area contributed by atoms with Crippen LogP contribution in [0.1, 0.15) is 28.0 Å². The molecule has 3 aromatic rings. The summed E-state index contributed by atoms with van der Waals surface area (Å²) in [6.07, 6.45) is 2.62. The first-order valence-electron chi connectivity index (χ1n) is 9.09. The first-order chi connectivity index (χ1) is 13.8. The van der Waals surface area contributed by atoms with E-state index in [0.717, 1.165) is 13.0 Å². The number of fused-ring (bicyclic) bond motifs is 1. The number of nitrogens with one attached hydrogen (secondary N) is 2. The first kappa shape index (κ1) is 21.4. The third kappa shape index (κ3) is 4.47. The third-order valence-electron chi connectivity index (χ3n) is 4.70. The van der Waals surface area contributed by atoms with Crippen LogP contribution in [0.25, 0.3) is 5.52 Å². The Bertz CT molecular complexity index is 1110. The van der Waals surface area contributed by atoms with Gasteiger partial charge in [-0.25, -0.2) is 4.39 Å². The maximum Gasteiger partial charge on any atom is 0.272 e. The summed E-state index contributed by atoms with van der Waals surface area (Å²) < 4.78 is 15.9. The summed E-state index contributed by atoms with van der Waals surface area (Å²) in [5.74, 6) is -0.956. The van der Waals surface area contributed by atoms with Crippen molar-refractivity contribution in [2.24, 2.45) is 0 Å². The second kappa shape index (κ2) is 8.98. The van der Waals surface area contributed by atoms with Crippen LogP contribution in [0.5, 0.6) is 0 Å². The molecule has 1 amide bonds. The van der Waals surface area contributed by atoms with Crippen LogP contribution < -0.4 is 10.9 Å². The fourth-order valence-corrected chi connectivity index (χ4v) is 3.62. The van der Waals surface area contributed by atoms with E-state index in [1.807, 2.05) is 7.05 Å². The molecule has 0 aliphatic heterocycles. The van der Waals surface area contributed by atoms with E-state index in [1.54, 1.807) is 17.5 Å². The summed E-state index contributed by atoms with van der Waals surface area (Å²) in [5.41, 5.74) is 1.36. The van der Waals surface area contributed by atoms with E-state index in [9.17, 15) is 14.0 Å². The lowest BCUT2D eigenvalue weighted by Gasteiger charge is -2.18. The topological polar surface area (TPSA) is 69.6 Å². The molecule has 29 heavy (non-hydrogen) atoms. The zero-order chi connectivity index (χ0) is 21.1. The summed E-state index contributed by atoms with van der Waals surface area (Å²) in [7, 11) is 3.49. The van der Waals surface area contributed by atoms with Crippen LogP contribution in [0, 0.1) is 5.82 Å². The molecule has 6 nitrogen and oxygen atoms in total. The second-order valence-electron chi connectivity index (χ2n) is 6.79. The number of carbonyl (C=O) groups excluding carboxylic acids is 1. The van der Waals surface area contributed by atoms with E-state index in [4.69, 9.17) is 23.2 Å². The number of aromatic nitrogens is 2. The number of benzene rings is 1. The van der Waals surface area contributed by atoms with Gasteiger partial charge in [0.25, 0.3) is 11.5 Å². The van der Waals surface area contributed by atoms with Crippen molar-refractivity contribution in [3.05, 3.63) is 73.6 Å². The number of hydrogen-bond acceptors (Lipinski definition) is 3. The minimum atomic E-state index is -0.576. The lowest BCUT2D eigenvalue weighted by molar-refractivity contribution is 0.0789. The molecule has 154 valence electrons. The fraction of sp³-hybridized carbons (Fsp3) is 0.300. The molecule has 0 radical (unpaired) electrons. The van der Waals surface area contributed by atoms with E-state index < -0.39 is 5.82 Å². The van der Waals surface area contributed by atoms with Crippen molar-refractivity contribution in [3.63, 3.8) is 0 Å². The number of aromatic amines is 1. The van der Waals surface area contributed by atoms with Crippen molar-refractivity contribution in [2.75, 3.05) is 27.2 Å². The highest BCUT2D eigenvalue weighted by molar-refractivity contribution is 6.42. The van der Waals surface area contributed by atoms with Crippen molar-refractivity contribution in [3.8, 4) is 0 Å². The Kier molecular flexibility index (Phi) is 6.62. The van der Waals surface area contributed by atoms with Crippen molar-refractivity contribution >= 4 is 34.6 Å². The maximum atomic E-state index is 14.3. The molecular formula is C20H21Cl2FN4O2. The number of nitrogens with zero attached hydrogens (tertiary/aromatic N) is 2. The third-order valence-corrected chi connectivity index (χ3v) is 5.46. The van der Waals surface area contributed by atoms with E-state index in [0.29, 0.717) is 29.7 Å². The van der Waals surface area contributed by atoms with Crippen molar-refractivity contribution in [1.82, 2.24) is 19.6 Å². The fourth-order valence-electron chi connectivity index (χ4n) is 3.18. The average Bonchev–Trinajstić information content (AvgIpc) is 3.01. The highest BCUT2D eigenvalue weighted by atomic mass is 35.5. The molecule has 2 N–H and O–H groups in total. The number of hydrogen-bond donors (Lipinski definition) is 2. The van der Waals surface area contributed by atoms with Gasteiger partial charge in [0.15, 0.2) is 0 Å². The highest BCUT2D eigenvalue weighted by Gasteiger charge is 2.18. The van der Waals surface area contributed by atoms with Crippen LogP contribution in [-0.4, -0.2) is 47.4 Å². The Morgan fingerprint density at radius 3 is 2.79 bits per heavy atom. The molecule has 0 fully saturated rings. The molecule has 0 spiro atoms. The minimum Gasteiger partial charge on any atom is -0.342 e. The number of H-pyrrole nitrogens is 1. The van der Waals surface area contributed by atoms with Gasteiger partial charge in [-0.2, -0.15) is 0 Å². The number of rotatable bonds is 7. The lowest BCUT2D eigenvalue weighted by atomic mass is 10.0. The Morgan fingerprint density at radius 2 is 2.07 bits per heavy atom. The molecule has 1 aromatic carbocycles. The standard InChI is InChI=1S/C20H21Cl2FN4O2/c1-24-6-3-7-26(2)20(29)14-9-12(4-5-16(14)23)8-13-11-25-19(28)17-10-15(21)18(22)27(13)17/h4-5,9-11,24H,3,6-8H2,1-2H3,(H,25,28). The maximum absolute atomic E-state index is 14.3. The van der Waals surface area contributed by atoms with Crippen LogP contribution in [0.3, 0.4) is 0 Å². The molecule has 0 bridgehead atoms. The molecule has 0 atom stereocenters. The molecular weight excluding hydrogens is 418 g/mol. The molecule has 2 heterocycles. The first-order valence-corrected chi connectivity index (χ1v) is 9.84. The van der Waals surface area contributed by atoms with Crippen LogP contribution in [0.2, 0.25) is 10.2 Å². The van der Waals surface area contributed by atoms with Gasteiger partial charge < -0.3 is 15.2 Å². The smallest absolute Gasteiger partial charge is 0.272 e. The highest BCUT2D eigenvalue weighted by Crippen LogP contribution is 2.27. The van der Waals surface area contributed by atoms with Crippen molar-refractivity contribution < 1.29 is 9.18 Å². The van der Waals surface area contributed by atoms with Gasteiger partial charge in [0, 0.05) is 31.9 Å². The molecule has 3 rings (SSSR count). The Morgan fingerprint density at radius 1 is 1.31 bits per heavy atom. The van der Waals surface area contributed by atoms with Gasteiger partial charge in [0.05, 0.1) is 10.6 Å². The lowest BCUT2D eigenvalue weighted by Crippen LogP contribution is -2.30. The van der Waals surface area contributed by atoms with Gasteiger partial charge in [-0.05, 0) is 43.8 Å². The monoisotopic (exact) mass is 438 g/mol. The SMILES string of the molecule is CNCCCN(C)C(=O)c1cc(Cc2c[nH]c(=O)c3cc(Cl)c(Cl)n23)ccc1F. The minimum absolute atomic E-state index is 0.00626. The zero-order valence-corrected chi connectivity index (χ0v) is 17.6. The Labute approximate surface area is 177 Å². The summed E-state index contributed by atoms with van der Waals surface area (Å²) >= 11 is 12.3. The van der Waals surface area contributed by atoms with Crippen molar-refractivity contribution in [1.29, 1.82) is 0 Å². The number of halogens is 3. The quantitative estimate of drug-likeness (QED) is 0.555. The van der Waals surface area contributed by atoms with Gasteiger partial charge in [0.1, 0.15) is 16.5 Å². The molecule has 0 saturated carbocycles. The van der Waals surface area contributed by atoms with Gasteiger partial charge in [-0.1, -0.05) is 29.3 Å². The van der Waals surface area contributed by atoms with E-state index >= 15 is 0 Å². The average molecular weight is 439 g/mol. The van der Waals surface area contributed by atoms with Gasteiger partial charge in [-0.15, -0.1) is 0 Å². The molecule has 0 saturated heterocycles. The van der Waals surface area contributed by atoms with Crippen molar-refractivity contribution in [2.45, 2.75) is 12.8 Å². The largest absolute Gasteiger partial charge is 0.342 e. The van der Waals surface area contributed by atoms with Crippen LogP contribution in [0.4, 0.5) is 4.39 Å². The molecule has 2 aromatic heterocycles. The predicted molar refractivity (Wildman–Crippen MR) is 113 cm³/mol. The van der Waals surface area contributed by atoms with Gasteiger partial charge >= 0.3 is 0 Å². The van der Waals surface area contributed by atoms with Crippen LogP contribution in [-0.2, 0) is 6.42 Å². The van der Waals surface area contributed by atoms with E-state index in [-0.39, 0.29) is 27.2 Å². The molecule has 0 unspecified atom stereocenters. The van der Waals surface area contributed by atoms with Crippen LogP contribution >= 0.6 is 23.2 Å². The number of amides is 1. The van der Waals surface area contributed by atoms with Gasteiger partial charge in [0.2, 0.25) is 0 Å². The molecule has 0 aliphatic rings.